The SMILES string of the molecule is Cn1ccnc1CCNc1ccc(C(N)=S)cc1Br. The molecule has 1 heterocycles. The molecule has 1 aromatic carbocycles. The van der Waals surface area contributed by atoms with Gasteiger partial charge in [-0.25, -0.2) is 4.98 Å². The molecule has 100 valence electrons. The number of hydrogen-bond donors (Lipinski definition) is 2. The average molecular weight is 339 g/mol. The molecule has 4 nitrogen and oxygen atoms in total. The van der Waals surface area contributed by atoms with Gasteiger partial charge >= 0.3 is 0 Å². The first kappa shape index (κ1) is 14.0. The minimum atomic E-state index is 0.403. The summed E-state index contributed by atoms with van der Waals surface area (Å²) in [5.41, 5.74) is 7.47. The van der Waals surface area contributed by atoms with Crippen molar-refractivity contribution in [3.63, 3.8) is 0 Å². The molecule has 0 fully saturated rings. The van der Waals surface area contributed by atoms with Crippen LogP contribution < -0.4 is 11.1 Å². The van der Waals surface area contributed by atoms with E-state index in [0.29, 0.717) is 4.99 Å². The van der Waals surface area contributed by atoms with Gasteiger partial charge in [0.05, 0.1) is 0 Å². The Hall–Kier alpha value is -1.40. The van der Waals surface area contributed by atoms with Gasteiger partial charge in [-0.3, -0.25) is 0 Å². The number of hydrogen-bond acceptors (Lipinski definition) is 3. The van der Waals surface area contributed by atoms with E-state index < -0.39 is 0 Å². The molecule has 0 aliphatic carbocycles. The molecule has 0 aliphatic rings. The van der Waals surface area contributed by atoms with Crippen LogP contribution in [0.3, 0.4) is 0 Å². The maximum absolute atomic E-state index is 5.59. The van der Waals surface area contributed by atoms with Crippen LogP contribution in [-0.2, 0) is 13.5 Å². The molecular formula is C13H15BrN4S. The molecule has 3 N–H and O–H groups in total. The third-order valence-electron chi connectivity index (χ3n) is 2.84. The van der Waals surface area contributed by atoms with E-state index in [-0.39, 0.29) is 0 Å². The van der Waals surface area contributed by atoms with Crippen LogP contribution in [-0.4, -0.2) is 21.1 Å². The minimum absolute atomic E-state index is 0.403. The zero-order valence-electron chi connectivity index (χ0n) is 10.6. The molecule has 19 heavy (non-hydrogen) atoms. The summed E-state index contributed by atoms with van der Waals surface area (Å²) in [6.07, 6.45) is 4.62. The summed E-state index contributed by atoms with van der Waals surface area (Å²) in [5, 5.41) is 3.36. The van der Waals surface area contributed by atoms with Crippen LogP contribution in [0.5, 0.6) is 0 Å². The smallest absolute Gasteiger partial charge is 0.110 e. The number of nitrogens with two attached hydrogens (primary N) is 1. The second kappa shape index (κ2) is 6.16. The van der Waals surface area contributed by atoms with Crippen LogP contribution in [0.4, 0.5) is 5.69 Å². The molecule has 0 saturated carbocycles. The van der Waals surface area contributed by atoms with Crippen molar-refractivity contribution in [1.29, 1.82) is 0 Å². The Morgan fingerprint density at radius 3 is 2.89 bits per heavy atom. The minimum Gasteiger partial charge on any atom is -0.389 e. The van der Waals surface area contributed by atoms with Crippen molar-refractivity contribution in [2.45, 2.75) is 6.42 Å². The summed E-state index contributed by atoms with van der Waals surface area (Å²) in [7, 11) is 2.00. The van der Waals surface area contributed by atoms with E-state index >= 15 is 0 Å². The fraction of sp³-hybridized carbons (Fsp3) is 0.231. The van der Waals surface area contributed by atoms with Crippen molar-refractivity contribution in [2.24, 2.45) is 12.8 Å². The van der Waals surface area contributed by atoms with Crippen molar-refractivity contribution in [3.05, 3.63) is 46.5 Å². The number of benzene rings is 1. The number of nitrogens with one attached hydrogen (secondary N) is 1. The van der Waals surface area contributed by atoms with Gasteiger partial charge in [0.15, 0.2) is 0 Å². The van der Waals surface area contributed by atoms with E-state index in [1.54, 1.807) is 0 Å². The molecule has 2 aromatic rings. The highest BCUT2D eigenvalue weighted by atomic mass is 79.9. The van der Waals surface area contributed by atoms with Crippen molar-refractivity contribution < 1.29 is 0 Å². The summed E-state index contributed by atoms with van der Waals surface area (Å²) in [4.78, 5) is 4.69. The van der Waals surface area contributed by atoms with Gasteiger partial charge in [0.1, 0.15) is 10.8 Å². The molecule has 6 heteroatoms. The number of rotatable bonds is 5. The van der Waals surface area contributed by atoms with Gasteiger partial charge in [0, 0.05) is 48.1 Å². The summed E-state index contributed by atoms with van der Waals surface area (Å²) < 4.78 is 2.98. The summed E-state index contributed by atoms with van der Waals surface area (Å²) in [6, 6.07) is 5.80. The lowest BCUT2D eigenvalue weighted by molar-refractivity contribution is 0.789. The molecular weight excluding hydrogens is 324 g/mol. The normalized spacial score (nSPS) is 10.4. The molecule has 0 spiro atoms. The fourth-order valence-corrected chi connectivity index (χ4v) is 2.40. The van der Waals surface area contributed by atoms with E-state index in [4.69, 9.17) is 18.0 Å². The van der Waals surface area contributed by atoms with Crippen molar-refractivity contribution in [2.75, 3.05) is 11.9 Å². The maximum atomic E-state index is 5.59. The number of nitrogens with zero attached hydrogens (tertiary/aromatic N) is 2. The standard InChI is InChI=1S/C13H15BrN4S/c1-18-7-6-17-12(18)4-5-16-11-3-2-9(13(15)19)8-10(11)14/h2-3,6-8,16H,4-5H2,1H3,(H2,15,19). The number of aryl methyl sites for hydroxylation is 1. The Kier molecular flexibility index (Phi) is 4.55. The Labute approximate surface area is 126 Å². The first-order valence-corrected chi connectivity index (χ1v) is 7.07. The van der Waals surface area contributed by atoms with Crippen molar-refractivity contribution in [3.8, 4) is 0 Å². The van der Waals surface area contributed by atoms with Gasteiger partial charge < -0.3 is 15.6 Å². The van der Waals surface area contributed by atoms with Crippen LogP contribution in [0.25, 0.3) is 0 Å². The highest BCUT2D eigenvalue weighted by Gasteiger charge is 2.04. The Bertz CT molecular complexity index is 594. The lowest BCUT2D eigenvalue weighted by Gasteiger charge is -2.10. The zero-order valence-corrected chi connectivity index (χ0v) is 13.0. The largest absolute Gasteiger partial charge is 0.389 e. The fourth-order valence-electron chi connectivity index (χ4n) is 1.76. The molecule has 2 rings (SSSR count). The van der Waals surface area contributed by atoms with Gasteiger partial charge in [0.25, 0.3) is 0 Å². The van der Waals surface area contributed by atoms with Crippen LogP contribution in [0.1, 0.15) is 11.4 Å². The van der Waals surface area contributed by atoms with E-state index in [1.807, 2.05) is 42.2 Å². The van der Waals surface area contributed by atoms with E-state index in [2.05, 4.69) is 26.2 Å². The average Bonchev–Trinajstić information content (AvgIpc) is 2.77. The van der Waals surface area contributed by atoms with E-state index in [9.17, 15) is 0 Å². The van der Waals surface area contributed by atoms with Crippen LogP contribution in [0.15, 0.2) is 35.1 Å². The zero-order chi connectivity index (χ0) is 13.8. The van der Waals surface area contributed by atoms with Gasteiger partial charge in [-0.1, -0.05) is 12.2 Å². The molecule has 0 amide bonds. The van der Waals surface area contributed by atoms with Crippen LogP contribution in [0.2, 0.25) is 0 Å². The summed E-state index contributed by atoms with van der Waals surface area (Å²) in [5.74, 6) is 1.06. The van der Waals surface area contributed by atoms with E-state index in [0.717, 1.165) is 34.5 Å². The molecule has 0 atom stereocenters. The highest BCUT2D eigenvalue weighted by Crippen LogP contribution is 2.23. The lowest BCUT2D eigenvalue weighted by atomic mass is 10.2. The maximum Gasteiger partial charge on any atom is 0.110 e. The van der Waals surface area contributed by atoms with Crippen molar-refractivity contribution in [1.82, 2.24) is 9.55 Å². The summed E-state index contributed by atoms with van der Waals surface area (Å²) >= 11 is 8.46. The molecule has 0 radical (unpaired) electrons. The Morgan fingerprint density at radius 1 is 1.53 bits per heavy atom. The van der Waals surface area contributed by atoms with Gasteiger partial charge in [-0.15, -0.1) is 0 Å². The molecule has 1 aromatic heterocycles. The van der Waals surface area contributed by atoms with Gasteiger partial charge in [-0.05, 0) is 34.1 Å². The molecule has 0 aliphatic heterocycles. The van der Waals surface area contributed by atoms with E-state index in [1.165, 1.54) is 0 Å². The predicted molar refractivity (Wildman–Crippen MR) is 85.4 cm³/mol. The highest BCUT2D eigenvalue weighted by molar-refractivity contribution is 9.10. The number of halogens is 1. The number of aromatic nitrogens is 2. The van der Waals surface area contributed by atoms with Crippen LogP contribution in [0, 0.1) is 0 Å². The first-order valence-electron chi connectivity index (χ1n) is 5.87. The molecule has 0 bridgehead atoms. The lowest BCUT2D eigenvalue weighted by Crippen LogP contribution is -2.11. The van der Waals surface area contributed by atoms with Crippen molar-refractivity contribution >= 4 is 38.8 Å². The summed E-state index contributed by atoms with van der Waals surface area (Å²) in [6.45, 7) is 0.815. The third-order valence-corrected chi connectivity index (χ3v) is 3.73. The number of anilines is 1. The molecule has 0 unspecified atom stereocenters. The monoisotopic (exact) mass is 338 g/mol. The number of imidazole rings is 1. The second-order valence-electron chi connectivity index (χ2n) is 4.19. The van der Waals surface area contributed by atoms with Gasteiger partial charge in [-0.2, -0.15) is 0 Å². The quantitative estimate of drug-likeness (QED) is 0.822. The molecule has 0 saturated heterocycles. The Balaban J connectivity index is 1.96. The predicted octanol–water partition coefficient (Wildman–Crippen LogP) is 2.47. The Morgan fingerprint density at radius 2 is 2.32 bits per heavy atom. The third kappa shape index (κ3) is 3.54. The first-order chi connectivity index (χ1) is 9.08. The van der Waals surface area contributed by atoms with Crippen LogP contribution >= 0.6 is 28.1 Å². The van der Waals surface area contributed by atoms with Gasteiger partial charge in [0.2, 0.25) is 0 Å². The second-order valence-corrected chi connectivity index (χ2v) is 5.48. The number of thiocarbonyl (C=S) groups is 1. The topological polar surface area (TPSA) is 55.9 Å².